The van der Waals surface area contributed by atoms with E-state index in [1.165, 1.54) is 0 Å². The molecule has 1 unspecified atom stereocenters. The number of rotatable bonds is 3. The first kappa shape index (κ1) is 13.6. The number of para-hydroxylation sites is 1. The van der Waals surface area contributed by atoms with Crippen molar-refractivity contribution in [2.24, 2.45) is 7.05 Å². The fourth-order valence-corrected chi connectivity index (χ4v) is 3.08. The summed E-state index contributed by atoms with van der Waals surface area (Å²) in [5.74, 6) is 0. The third kappa shape index (κ3) is 2.59. The molecule has 20 heavy (non-hydrogen) atoms. The zero-order valence-electron chi connectivity index (χ0n) is 11.9. The highest BCUT2D eigenvalue weighted by Gasteiger charge is 2.21. The Balaban J connectivity index is 1.77. The molecule has 1 aliphatic heterocycles. The second-order valence-electron chi connectivity index (χ2n) is 5.76. The minimum Gasteiger partial charge on any atom is -0.393 e. The zero-order chi connectivity index (χ0) is 14.1. The van der Waals surface area contributed by atoms with Crippen LogP contribution in [0.4, 0.5) is 0 Å². The normalized spacial score (nSPS) is 19.6. The molecule has 1 atom stereocenters. The van der Waals surface area contributed by atoms with Gasteiger partial charge in [0.15, 0.2) is 0 Å². The molecular formula is C16H22N2O2. The average molecular weight is 274 g/mol. The van der Waals surface area contributed by atoms with Crippen LogP contribution in [0.25, 0.3) is 10.9 Å². The van der Waals surface area contributed by atoms with Crippen molar-refractivity contribution < 1.29 is 10.2 Å². The van der Waals surface area contributed by atoms with Gasteiger partial charge in [0.05, 0.1) is 12.2 Å². The Morgan fingerprint density at radius 3 is 2.70 bits per heavy atom. The number of fused-ring (bicyclic) bond motifs is 1. The first-order valence-electron chi connectivity index (χ1n) is 7.27. The summed E-state index contributed by atoms with van der Waals surface area (Å²) in [6.07, 6.45) is 3.00. The molecule has 4 nitrogen and oxygen atoms in total. The third-order valence-electron chi connectivity index (χ3n) is 4.28. The SMILES string of the molecule is Cn1cc(C(O)CN2CCC(O)CC2)c2ccccc21. The lowest BCUT2D eigenvalue weighted by Gasteiger charge is -2.30. The van der Waals surface area contributed by atoms with Gasteiger partial charge >= 0.3 is 0 Å². The quantitative estimate of drug-likeness (QED) is 0.895. The first-order valence-corrected chi connectivity index (χ1v) is 7.27. The zero-order valence-corrected chi connectivity index (χ0v) is 11.9. The maximum atomic E-state index is 10.5. The maximum Gasteiger partial charge on any atom is 0.0937 e. The highest BCUT2D eigenvalue weighted by atomic mass is 16.3. The van der Waals surface area contributed by atoms with Gasteiger partial charge in [-0.2, -0.15) is 0 Å². The lowest BCUT2D eigenvalue weighted by molar-refractivity contribution is 0.0511. The Hall–Kier alpha value is -1.36. The summed E-state index contributed by atoms with van der Waals surface area (Å²) >= 11 is 0. The molecule has 1 saturated heterocycles. The van der Waals surface area contributed by atoms with E-state index < -0.39 is 6.10 Å². The van der Waals surface area contributed by atoms with E-state index in [1.54, 1.807) is 0 Å². The number of aliphatic hydroxyl groups is 2. The van der Waals surface area contributed by atoms with Crippen molar-refractivity contribution in [2.45, 2.75) is 25.0 Å². The third-order valence-corrected chi connectivity index (χ3v) is 4.28. The highest BCUT2D eigenvalue weighted by Crippen LogP contribution is 2.27. The van der Waals surface area contributed by atoms with Crippen LogP contribution < -0.4 is 0 Å². The van der Waals surface area contributed by atoms with Gasteiger partial charge in [0.25, 0.3) is 0 Å². The van der Waals surface area contributed by atoms with E-state index in [0.29, 0.717) is 6.54 Å². The Morgan fingerprint density at radius 2 is 1.95 bits per heavy atom. The number of hydrogen-bond donors (Lipinski definition) is 2. The van der Waals surface area contributed by atoms with Gasteiger partial charge in [-0.15, -0.1) is 0 Å². The van der Waals surface area contributed by atoms with Gasteiger partial charge in [-0.05, 0) is 18.9 Å². The van der Waals surface area contributed by atoms with E-state index in [4.69, 9.17) is 0 Å². The summed E-state index contributed by atoms with van der Waals surface area (Å²) in [6.45, 7) is 2.37. The van der Waals surface area contributed by atoms with Gasteiger partial charge in [0.2, 0.25) is 0 Å². The predicted molar refractivity (Wildman–Crippen MR) is 79.6 cm³/mol. The smallest absolute Gasteiger partial charge is 0.0937 e. The minimum absolute atomic E-state index is 0.166. The second kappa shape index (κ2) is 5.56. The molecule has 3 rings (SSSR count). The highest BCUT2D eigenvalue weighted by molar-refractivity contribution is 5.84. The molecule has 108 valence electrons. The predicted octanol–water partition coefficient (Wildman–Crippen LogP) is 1.67. The van der Waals surface area contributed by atoms with E-state index in [1.807, 2.05) is 25.4 Å². The monoisotopic (exact) mass is 274 g/mol. The van der Waals surface area contributed by atoms with E-state index in [-0.39, 0.29) is 6.10 Å². The number of nitrogens with zero attached hydrogens (tertiary/aromatic N) is 2. The Bertz CT molecular complexity index is 585. The second-order valence-corrected chi connectivity index (χ2v) is 5.76. The van der Waals surface area contributed by atoms with Crippen LogP contribution >= 0.6 is 0 Å². The molecule has 0 radical (unpaired) electrons. The molecule has 4 heteroatoms. The van der Waals surface area contributed by atoms with Gasteiger partial charge in [-0.3, -0.25) is 0 Å². The van der Waals surface area contributed by atoms with E-state index in [2.05, 4.69) is 21.6 Å². The average Bonchev–Trinajstić information content (AvgIpc) is 2.79. The molecule has 0 spiro atoms. The van der Waals surface area contributed by atoms with E-state index >= 15 is 0 Å². The minimum atomic E-state index is -0.476. The Labute approximate surface area is 119 Å². The van der Waals surface area contributed by atoms with Crippen molar-refractivity contribution in [1.82, 2.24) is 9.47 Å². The van der Waals surface area contributed by atoms with Crippen molar-refractivity contribution in [1.29, 1.82) is 0 Å². The molecule has 1 fully saturated rings. The van der Waals surface area contributed by atoms with Crippen LogP contribution in [0.1, 0.15) is 24.5 Å². The van der Waals surface area contributed by atoms with E-state index in [9.17, 15) is 10.2 Å². The van der Waals surface area contributed by atoms with Crippen LogP contribution in [-0.4, -0.2) is 45.4 Å². The summed E-state index contributed by atoms with van der Waals surface area (Å²) < 4.78 is 2.06. The first-order chi connectivity index (χ1) is 9.65. The summed E-state index contributed by atoms with van der Waals surface area (Å²) in [7, 11) is 2.01. The summed E-state index contributed by atoms with van der Waals surface area (Å²) in [5.41, 5.74) is 2.14. The van der Waals surface area contributed by atoms with Crippen LogP contribution in [0.2, 0.25) is 0 Å². The Morgan fingerprint density at radius 1 is 1.25 bits per heavy atom. The number of piperidine rings is 1. The largest absolute Gasteiger partial charge is 0.393 e. The molecule has 1 aromatic heterocycles. The van der Waals surface area contributed by atoms with Crippen LogP contribution in [0.15, 0.2) is 30.5 Å². The van der Waals surface area contributed by atoms with Crippen LogP contribution in [0.5, 0.6) is 0 Å². The van der Waals surface area contributed by atoms with Crippen molar-refractivity contribution in [3.05, 3.63) is 36.0 Å². The molecule has 2 N–H and O–H groups in total. The van der Waals surface area contributed by atoms with Crippen LogP contribution in [0.3, 0.4) is 0 Å². The number of aliphatic hydroxyl groups excluding tert-OH is 2. The molecule has 0 saturated carbocycles. The molecule has 2 aromatic rings. The molecule has 0 bridgehead atoms. The fourth-order valence-electron chi connectivity index (χ4n) is 3.08. The van der Waals surface area contributed by atoms with Gasteiger partial charge in [0.1, 0.15) is 0 Å². The lowest BCUT2D eigenvalue weighted by atomic mass is 10.0. The maximum absolute atomic E-state index is 10.5. The topological polar surface area (TPSA) is 48.6 Å². The number of hydrogen-bond acceptors (Lipinski definition) is 3. The van der Waals surface area contributed by atoms with Crippen LogP contribution in [0, 0.1) is 0 Å². The lowest BCUT2D eigenvalue weighted by Crippen LogP contribution is -2.38. The molecule has 1 aromatic carbocycles. The van der Waals surface area contributed by atoms with Gasteiger partial charge < -0.3 is 19.7 Å². The van der Waals surface area contributed by atoms with Crippen LogP contribution in [-0.2, 0) is 7.05 Å². The fraction of sp³-hybridized carbons (Fsp3) is 0.500. The number of benzene rings is 1. The molecule has 1 aliphatic rings. The molecule has 0 aliphatic carbocycles. The molecule has 0 amide bonds. The number of aromatic nitrogens is 1. The van der Waals surface area contributed by atoms with Crippen molar-refractivity contribution in [3.63, 3.8) is 0 Å². The Kier molecular flexibility index (Phi) is 3.78. The molecule has 2 heterocycles. The summed E-state index contributed by atoms with van der Waals surface area (Å²) in [6, 6.07) is 8.16. The number of aryl methyl sites for hydroxylation is 1. The van der Waals surface area contributed by atoms with Gasteiger partial charge in [-0.1, -0.05) is 18.2 Å². The number of β-amino-alcohol motifs (C(OH)–C–C–N with tert-alkyl or cyclic N) is 1. The standard InChI is InChI=1S/C16H22N2O2/c1-17-10-14(13-4-2-3-5-15(13)17)16(20)11-18-8-6-12(19)7-9-18/h2-5,10,12,16,19-20H,6-9,11H2,1H3. The van der Waals surface area contributed by atoms with Gasteiger partial charge in [0, 0.05) is 49.3 Å². The van der Waals surface area contributed by atoms with Crippen molar-refractivity contribution >= 4 is 10.9 Å². The summed E-state index contributed by atoms with van der Waals surface area (Å²) in [4.78, 5) is 2.24. The van der Waals surface area contributed by atoms with Gasteiger partial charge in [-0.25, -0.2) is 0 Å². The number of likely N-dealkylation sites (tertiary alicyclic amines) is 1. The molecular weight excluding hydrogens is 252 g/mol. The van der Waals surface area contributed by atoms with Crippen molar-refractivity contribution in [3.8, 4) is 0 Å². The summed E-state index contributed by atoms with van der Waals surface area (Å²) in [5, 5.41) is 21.2. The van der Waals surface area contributed by atoms with E-state index in [0.717, 1.165) is 42.4 Å². The van der Waals surface area contributed by atoms with Crippen molar-refractivity contribution in [2.75, 3.05) is 19.6 Å².